The number of anilines is 1. The second-order valence-electron chi connectivity index (χ2n) is 9.06. The molecule has 2 aromatic rings. The summed E-state index contributed by atoms with van der Waals surface area (Å²) < 4.78 is 27.7. The normalized spacial score (nSPS) is 16.5. The topological polar surface area (TPSA) is 95.6 Å². The van der Waals surface area contributed by atoms with Crippen molar-refractivity contribution >= 4 is 27.5 Å². The minimum Gasteiger partial charge on any atom is -0.356 e. The van der Waals surface area contributed by atoms with Crippen molar-refractivity contribution in [3.05, 3.63) is 59.7 Å². The van der Waals surface area contributed by atoms with Gasteiger partial charge < -0.3 is 10.2 Å². The minimum atomic E-state index is -3.70. The van der Waals surface area contributed by atoms with Gasteiger partial charge in [-0.1, -0.05) is 31.5 Å². The van der Waals surface area contributed by atoms with Crippen molar-refractivity contribution in [2.24, 2.45) is 11.8 Å². The Morgan fingerprint density at radius 3 is 2.36 bits per heavy atom. The van der Waals surface area contributed by atoms with Crippen LogP contribution in [-0.4, -0.2) is 44.8 Å². The van der Waals surface area contributed by atoms with Crippen molar-refractivity contribution < 1.29 is 18.0 Å². The van der Waals surface area contributed by atoms with Crippen LogP contribution in [0.4, 0.5) is 5.69 Å². The monoisotopic (exact) mass is 471 g/mol. The molecule has 3 rings (SSSR count). The summed E-state index contributed by atoms with van der Waals surface area (Å²) in [5.41, 5.74) is 1.83. The molecule has 1 atom stereocenters. The van der Waals surface area contributed by atoms with E-state index in [4.69, 9.17) is 0 Å². The third kappa shape index (κ3) is 6.81. The van der Waals surface area contributed by atoms with E-state index in [9.17, 15) is 18.0 Å². The number of benzene rings is 2. The van der Waals surface area contributed by atoms with Gasteiger partial charge in [-0.3, -0.25) is 14.3 Å². The van der Waals surface area contributed by atoms with Crippen LogP contribution in [0.3, 0.4) is 0 Å². The number of nitrogens with zero attached hydrogens (tertiary/aromatic N) is 1. The van der Waals surface area contributed by atoms with Crippen LogP contribution in [0.25, 0.3) is 0 Å². The summed E-state index contributed by atoms with van der Waals surface area (Å²) in [4.78, 5) is 27.3. The molecule has 2 N–H and O–H groups in total. The highest BCUT2D eigenvalue weighted by atomic mass is 32.2. The second-order valence-corrected chi connectivity index (χ2v) is 10.7. The van der Waals surface area contributed by atoms with Crippen molar-refractivity contribution in [1.82, 2.24) is 10.2 Å². The van der Waals surface area contributed by atoms with Gasteiger partial charge in [0.05, 0.1) is 10.8 Å². The summed E-state index contributed by atoms with van der Waals surface area (Å²) in [6.45, 7) is 7.78. The molecular formula is C25H33N3O4S. The predicted molar refractivity (Wildman–Crippen MR) is 130 cm³/mol. The van der Waals surface area contributed by atoms with Gasteiger partial charge in [0.1, 0.15) is 0 Å². The largest absolute Gasteiger partial charge is 0.356 e. The van der Waals surface area contributed by atoms with Crippen LogP contribution < -0.4 is 10.0 Å². The Hall–Kier alpha value is -2.87. The summed E-state index contributed by atoms with van der Waals surface area (Å²) in [5.74, 6) is 0.186. The maximum atomic E-state index is 13.0. The van der Waals surface area contributed by atoms with Gasteiger partial charge in [0.2, 0.25) is 5.91 Å². The highest BCUT2D eigenvalue weighted by Crippen LogP contribution is 2.21. The lowest BCUT2D eigenvalue weighted by atomic mass is 9.96. The fraction of sp³-hybridized carbons (Fsp3) is 0.440. The Morgan fingerprint density at radius 2 is 1.73 bits per heavy atom. The van der Waals surface area contributed by atoms with Crippen LogP contribution in [0.5, 0.6) is 0 Å². The number of likely N-dealkylation sites (tertiary alicyclic amines) is 1. The summed E-state index contributed by atoms with van der Waals surface area (Å²) in [7, 11) is -3.70. The van der Waals surface area contributed by atoms with Crippen LogP contribution in [0, 0.1) is 18.8 Å². The summed E-state index contributed by atoms with van der Waals surface area (Å²) in [5, 5.41) is 2.99. The van der Waals surface area contributed by atoms with Crippen molar-refractivity contribution in [2.45, 2.75) is 44.9 Å². The molecule has 1 aliphatic heterocycles. The number of piperidine rings is 1. The number of sulfonamides is 1. The molecular weight excluding hydrogens is 438 g/mol. The van der Waals surface area contributed by atoms with E-state index in [1.165, 1.54) is 0 Å². The lowest BCUT2D eigenvalue weighted by Gasteiger charge is -2.32. The smallest absolute Gasteiger partial charge is 0.261 e. The Morgan fingerprint density at radius 1 is 1.06 bits per heavy atom. The molecule has 2 amide bonds. The van der Waals surface area contributed by atoms with Gasteiger partial charge in [0.15, 0.2) is 0 Å². The van der Waals surface area contributed by atoms with E-state index < -0.39 is 10.0 Å². The van der Waals surface area contributed by atoms with Crippen LogP contribution in [0.1, 0.15) is 49.0 Å². The molecule has 0 aromatic heterocycles. The third-order valence-electron chi connectivity index (χ3n) is 5.82. The standard InChI is InChI=1S/C25H33N3O4S/c1-18(2)14-15-26-24(29)21-5-4-16-28(17-21)25(30)20-8-10-22(11-9-20)27-33(31,32)23-12-6-19(3)7-13-23/h6-13,18,21,27H,4-5,14-17H2,1-3H3,(H,26,29)/t21-/m1/s1. The molecule has 0 aliphatic carbocycles. The quantitative estimate of drug-likeness (QED) is 0.612. The highest BCUT2D eigenvalue weighted by Gasteiger charge is 2.28. The average molecular weight is 472 g/mol. The molecule has 33 heavy (non-hydrogen) atoms. The molecule has 1 fully saturated rings. The molecule has 0 unspecified atom stereocenters. The summed E-state index contributed by atoms with van der Waals surface area (Å²) >= 11 is 0. The first-order chi connectivity index (χ1) is 15.7. The number of nitrogens with one attached hydrogen (secondary N) is 2. The Labute approximate surface area is 196 Å². The fourth-order valence-corrected chi connectivity index (χ4v) is 4.86. The van der Waals surface area contributed by atoms with E-state index in [0.29, 0.717) is 36.8 Å². The molecule has 0 spiro atoms. The molecule has 2 aromatic carbocycles. The number of aryl methyl sites for hydroxylation is 1. The van der Waals surface area contributed by atoms with Gasteiger partial charge in [0, 0.05) is 30.9 Å². The summed E-state index contributed by atoms with van der Waals surface area (Å²) in [6, 6.07) is 13.0. The zero-order chi connectivity index (χ0) is 24.0. The van der Waals surface area contributed by atoms with E-state index in [1.54, 1.807) is 53.4 Å². The number of carbonyl (C=O) groups is 2. The van der Waals surface area contributed by atoms with E-state index in [2.05, 4.69) is 23.9 Å². The molecule has 0 saturated carbocycles. The van der Waals surface area contributed by atoms with E-state index in [1.807, 2.05) is 6.92 Å². The SMILES string of the molecule is Cc1ccc(S(=O)(=O)Nc2ccc(C(=O)N3CCC[C@@H](C(=O)NCCC(C)C)C3)cc2)cc1. The molecule has 1 heterocycles. The molecule has 8 heteroatoms. The Balaban J connectivity index is 1.60. The molecule has 0 radical (unpaired) electrons. The van der Waals surface area contributed by atoms with E-state index in [-0.39, 0.29) is 22.6 Å². The lowest BCUT2D eigenvalue weighted by Crippen LogP contribution is -2.45. The Bertz CT molecular complexity index is 1060. The van der Waals surface area contributed by atoms with Crippen LogP contribution in [0.2, 0.25) is 0 Å². The van der Waals surface area contributed by atoms with E-state index in [0.717, 1.165) is 24.8 Å². The molecule has 178 valence electrons. The Kier molecular flexibility index (Phi) is 8.13. The van der Waals surface area contributed by atoms with Gasteiger partial charge in [-0.25, -0.2) is 8.42 Å². The minimum absolute atomic E-state index is 0.00834. The van der Waals surface area contributed by atoms with E-state index >= 15 is 0 Å². The van der Waals surface area contributed by atoms with Gasteiger partial charge in [0.25, 0.3) is 15.9 Å². The second kappa shape index (κ2) is 10.8. The lowest BCUT2D eigenvalue weighted by molar-refractivity contribution is -0.126. The van der Waals surface area contributed by atoms with Crippen molar-refractivity contribution in [3.8, 4) is 0 Å². The van der Waals surface area contributed by atoms with Crippen LogP contribution in [-0.2, 0) is 14.8 Å². The van der Waals surface area contributed by atoms with Crippen molar-refractivity contribution in [2.75, 3.05) is 24.4 Å². The number of carbonyl (C=O) groups excluding carboxylic acids is 2. The van der Waals surface area contributed by atoms with Gasteiger partial charge in [-0.05, 0) is 68.5 Å². The van der Waals surface area contributed by atoms with Gasteiger partial charge in [-0.2, -0.15) is 0 Å². The number of rotatable bonds is 8. The van der Waals surface area contributed by atoms with Crippen LogP contribution in [0.15, 0.2) is 53.4 Å². The summed E-state index contributed by atoms with van der Waals surface area (Å²) in [6.07, 6.45) is 2.49. The zero-order valence-electron chi connectivity index (χ0n) is 19.5. The maximum absolute atomic E-state index is 13.0. The van der Waals surface area contributed by atoms with Gasteiger partial charge >= 0.3 is 0 Å². The zero-order valence-corrected chi connectivity index (χ0v) is 20.3. The molecule has 7 nitrogen and oxygen atoms in total. The highest BCUT2D eigenvalue weighted by molar-refractivity contribution is 7.92. The third-order valence-corrected chi connectivity index (χ3v) is 7.21. The van der Waals surface area contributed by atoms with Crippen molar-refractivity contribution in [1.29, 1.82) is 0 Å². The molecule has 1 saturated heterocycles. The molecule has 0 bridgehead atoms. The number of amides is 2. The van der Waals surface area contributed by atoms with Gasteiger partial charge in [-0.15, -0.1) is 0 Å². The first-order valence-electron chi connectivity index (χ1n) is 11.4. The average Bonchev–Trinajstić information content (AvgIpc) is 2.79. The first-order valence-corrected chi connectivity index (χ1v) is 12.9. The number of hydrogen-bond acceptors (Lipinski definition) is 4. The maximum Gasteiger partial charge on any atom is 0.261 e. The predicted octanol–water partition coefficient (Wildman–Crippen LogP) is 3.81. The van der Waals surface area contributed by atoms with Crippen LogP contribution >= 0.6 is 0 Å². The molecule has 1 aliphatic rings. The van der Waals surface area contributed by atoms with Crippen molar-refractivity contribution in [3.63, 3.8) is 0 Å². The fourth-order valence-electron chi connectivity index (χ4n) is 3.80. The first kappa shape index (κ1) is 24.8. The number of hydrogen-bond donors (Lipinski definition) is 2.